The zero-order valence-corrected chi connectivity index (χ0v) is 14.7. The summed E-state index contributed by atoms with van der Waals surface area (Å²) in [6.45, 7) is 1.89. The van der Waals surface area contributed by atoms with Gasteiger partial charge in [-0.05, 0) is 37.0 Å². The number of likely N-dealkylation sites (tertiary alicyclic amines) is 1. The number of carbonyl (C=O) groups excluding carboxylic acids is 3. The van der Waals surface area contributed by atoms with Crippen molar-refractivity contribution in [3.63, 3.8) is 0 Å². The van der Waals surface area contributed by atoms with Gasteiger partial charge >= 0.3 is 0 Å². The topological polar surface area (TPSA) is 87.7 Å². The van der Waals surface area contributed by atoms with Crippen molar-refractivity contribution in [1.82, 2.24) is 15.5 Å². The summed E-state index contributed by atoms with van der Waals surface area (Å²) in [6.07, 6.45) is 2.71. The Hall–Kier alpha value is -2.57. The highest BCUT2D eigenvalue weighted by molar-refractivity contribution is 5.87. The van der Waals surface area contributed by atoms with Crippen molar-refractivity contribution >= 4 is 17.7 Å². The van der Waals surface area contributed by atoms with Crippen LogP contribution in [0.1, 0.15) is 25.3 Å². The number of rotatable bonds is 7. The van der Waals surface area contributed by atoms with Crippen molar-refractivity contribution < 1.29 is 19.1 Å². The average molecular weight is 347 g/mol. The highest BCUT2D eigenvalue weighted by Crippen LogP contribution is 2.22. The molecule has 0 aliphatic carbocycles. The minimum Gasteiger partial charge on any atom is -0.497 e. The molecular formula is C18H25N3O4. The second kappa shape index (κ2) is 9.05. The molecule has 2 rings (SSSR count). The molecule has 1 aliphatic heterocycles. The number of hydrogen-bond donors (Lipinski definition) is 2. The molecule has 0 radical (unpaired) electrons. The third-order valence-corrected chi connectivity index (χ3v) is 4.26. The van der Waals surface area contributed by atoms with Gasteiger partial charge in [0.2, 0.25) is 17.7 Å². The number of hydrogen-bond acceptors (Lipinski definition) is 4. The lowest BCUT2D eigenvalue weighted by Crippen LogP contribution is -2.45. The minimum atomic E-state index is -0.366. The Bertz CT molecular complexity index is 615. The highest BCUT2D eigenvalue weighted by atomic mass is 16.5. The molecule has 1 fully saturated rings. The molecule has 2 N–H and O–H groups in total. The van der Waals surface area contributed by atoms with Crippen LogP contribution in [-0.2, 0) is 20.8 Å². The van der Waals surface area contributed by atoms with Crippen LogP contribution in [0.25, 0.3) is 0 Å². The van der Waals surface area contributed by atoms with E-state index < -0.39 is 0 Å². The molecule has 0 aromatic heterocycles. The van der Waals surface area contributed by atoms with Gasteiger partial charge in [-0.2, -0.15) is 0 Å². The Kier molecular flexibility index (Phi) is 6.80. The van der Waals surface area contributed by atoms with Crippen LogP contribution in [0.5, 0.6) is 5.75 Å². The largest absolute Gasteiger partial charge is 0.497 e. The molecule has 1 saturated heterocycles. The summed E-state index contributed by atoms with van der Waals surface area (Å²) in [5.41, 5.74) is 1.15. The monoisotopic (exact) mass is 347 g/mol. The predicted molar refractivity (Wildman–Crippen MR) is 93.1 cm³/mol. The first kappa shape index (κ1) is 18.8. The number of nitrogens with one attached hydrogen (secondary N) is 2. The summed E-state index contributed by atoms with van der Waals surface area (Å²) in [4.78, 5) is 36.6. The molecule has 25 heavy (non-hydrogen) atoms. The number of nitrogens with zero attached hydrogens (tertiary/aromatic N) is 1. The molecule has 1 aliphatic rings. The zero-order chi connectivity index (χ0) is 18.2. The first-order valence-electron chi connectivity index (χ1n) is 8.43. The molecule has 0 saturated carbocycles. The van der Waals surface area contributed by atoms with E-state index in [9.17, 15) is 14.4 Å². The van der Waals surface area contributed by atoms with Crippen LogP contribution in [0.4, 0.5) is 0 Å². The molecule has 0 unspecified atom stereocenters. The smallest absolute Gasteiger partial charge is 0.242 e. The van der Waals surface area contributed by atoms with E-state index in [1.807, 2.05) is 29.2 Å². The first-order valence-corrected chi connectivity index (χ1v) is 8.43. The van der Waals surface area contributed by atoms with Crippen molar-refractivity contribution in [1.29, 1.82) is 0 Å². The Balaban J connectivity index is 1.83. The Morgan fingerprint density at radius 3 is 2.52 bits per heavy atom. The number of methoxy groups -OCH3 is 1. The zero-order valence-electron chi connectivity index (χ0n) is 14.7. The molecule has 0 spiro atoms. The van der Waals surface area contributed by atoms with E-state index in [0.29, 0.717) is 6.54 Å². The van der Waals surface area contributed by atoms with Crippen molar-refractivity contribution in [2.75, 3.05) is 26.7 Å². The van der Waals surface area contributed by atoms with Crippen LogP contribution in [0.3, 0.4) is 0 Å². The molecule has 7 nitrogen and oxygen atoms in total. The van der Waals surface area contributed by atoms with E-state index >= 15 is 0 Å². The van der Waals surface area contributed by atoms with E-state index in [1.165, 1.54) is 6.92 Å². The fourth-order valence-corrected chi connectivity index (χ4v) is 2.95. The summed E-state index contributed by atoms with van der Waals surface area (Å²) in [6, 6.07) is 8.00. The standard InChI is InChI=1S/C18H25N3O4/c1-13(22)19-11-17(23)20-12-18(24)21-9-3-4-15(21)10-14-5-7-16(25-2)8-6-14/h5-8,15H,3-4,9-12H2,1-2H3,(H,19,22)(H,20,23)/t15-/m1/s1. The molecule has 1 aromatic rings. The third kappa shape index (κ3) is 5.77. The number of carbonyl (C=O) groups is 3. The van der Waals surface area contributed by atoms with Crippen LogP contribution in [-0.4, -0.2) is 55.4 Å². The van der Waals surface area contributed by atoms with Gasteiger partial charge in [0, 0.05) is 19.5 Å². The van der Waals surface area contributed by atoms with Gasteiger partial charge in [-0.15, -0.1) is 0 Å². The van der Waals surface area contributed by atoms with Crippen molar-refractivity contribution in [3.8, 4) is 5.75 Å². The van der Waals surface area contributed by atoms with Crippen molar-refractivity contribution in [2.24, 2.45) is 0 Å². The van der Waals surface area contributed by atoms with Crippen molar-refractivity contribution in [2.45, 2.75) is 32.2 Å². The number of ether oxygens (including phenoxy) is 1. The van der Waals surface area contributed by atoms with Crippen LogP contribution >= 0.6 is 0 Å². The van der Waals surface area contributed by atoms with E-state index in [0.717, 1.165) is 30.6 Å². The maximum Gasteiger partial charge on any atom is 0.242 e. The lowest BCUT2D eigenvalue weighted by Gasteiger charge is -2.25. The first-order chi connectivity index (χ1) is 12.0. The molecule has 136 valence electrons. The lowest BCUT2D eigenvalue weighted by atomic mass is 10.0. The van der Waals surface area contributed by atoms with E-state index in [4.69, 9.17) is 4.74 Å². The van der Waals surface area contributed by atoms with Crippen LogP contribution in [0, 0.1) is 0 Å². The van der Waals surface area contributed by atoms with Gasteiger partial charge in [0.05, 0.1) is 20.2 Å². The van der Waals surface area contributed by atoms with Gasteiger partial charge in [0.1, 0.15) is 5.75 Å². The number of amides is 3. The fourth-order valence-electron chi connectivity index (χ4n) is 2.95. The maximum atomic E-state index is 12.4. The van der Waals surface area contributed by atoms with Gasteiger partial charge in [-0.25, -0.2) is 0 Å². The summed E-state index contributed by atoms with van der Waals surface area (Å²) in [7, 11) is 1.63. The summed E-state index contributed by atoms with van der Waals surface area (Å²) < 4.78 is 5.16. The van der Waals surface area contributed by atoms with E-state index in [-0.39, 0.29) is 36.9 Å². The van der Waals surface area contributed by atoms with Gasteiger partial charge < -0.3 is 20.3 Å². The molecule has 3 amide bonds. The second-order valence-electron chi connectivity index (χ2n) is 6.12. The Labute approximate surface area is 147 Å². The molecule has 1 heterocycles. The third-order valence-electron chi connectivity index (χ3n) is 4.26. The lowest BCUT2D eigenvalue weighted by molar-refractivity contribution is -0.133. The van der Waals surface area contributed by atoms with Gasteiger partial charge in [0.25, 0.3) is 0 Å². The molecular weight excluding hydrogens is 322 g/mol. The normalized spacial score (nSPS) is 16.4. The van der Waals surface area contributed by atoms with Gasteiger partial charge in [-0.3, -0.25) is 14.4 Å². The van der Waals surface area contributed by atoms with Crippen LogP contribution in [0.15, 0.2) is 24.3 Å². The molecule has 7 heteroatoms. The molecule has 0 bridgehead atoms. The predicted octanol–water partition coefficient (Wildman–Crippen LogP) is 0.481. The average Bonchev–Trinajstić information content (AvgIpc) is 3.06. The van der Waals surface area contributed by atoms with Gasteiger partial charge in [0.15, 0.2) is 0 Å². The molecule has 1 atom stereocenters. The van der Waals surface area contributed by atoms with Crippen molar-refractivity contribution in [3.05, 3.63) is 29.8 Å². The highest BCUT2D eigenvalue weighted by Gasteiger charge is 2.28. The quantitative estimate of drug-likeness (QED) is 0.751. The summed E-state index contributed by atoms with van der Waals surface area (Å²) in [5, 5.41) is 4.96. The Morgan fingerprint density at radius 2 is 1.88 bits per heavy atom. The fraction of sp³-hybridized carbons (Fsp3) is 0.500. The maximum absolute atomic E-state index is 12.4. The van der Waals surface area contributed by atoms with E-state index in [2.05, 4.69) is 10.6 Å². The van der Waals surface area contributed by atoms with Gasteiger partial charge in [-0.1, -0.05) is 12.1 Å². The number of benzene rings is 1. The summed E-state index contributed by atoms with van der Waals surface area (Å²) in [5.74, 6) is 0.0761. The Morgan fingerprint density at radius 1 is 1.16 bits per heavy atom. The minimum absolute atomic E-state index is 0.0441. The van der Waals surface area contributed by atoms with Crippen LogP contribution < -0.4 is 15.4 Å². The molecule has 1 aromatic carbocycles. The SMILES string of the molecule is COc1ccc(C[C@H]2CCCN2C(=O)CNC(=O)CNC(C)=O)cc1. The van der Waals surface area contributed by atoms with Crippen LogP contribution in [0.2, 0.25) is 0 Å². The van der Waals surface area contributed by atoms with E-state index in [1.54, 1.807) is 7.11 Å². The second-order valence-corrected chi connectivity index (χ2v) is 6.12. The summed E-state index contributed by atoms with van der Waals surface area (Å²) >= 11 is 0.